The van der Waals surface area contributed by atoms with Gasteiger partial charge in [-0.2, -0.15) is 0 Å². The molecule has 0 amide bonds. The number of hydrogen-bond donors (Lipinski definition) is 5. The molecule has 0 aliphatic heterocycles. The number of rotatable bonds is 11. The lowest BCUT2D eigenvalue weighted by Crippen LogP contribution is -2.32. The van der Waals surface area contributed by atoms with E-state index in [0.29, 0.717) is 32.4 Å². The third kappa shape index (κ3) is 6.68. The number of aromatic hydroxyl groups is 1. The molecule has 2 atom stereocenters. The summed E-state index contributed by atoms with van der Waals surface area (Å²) in [4.78, 5) is 14.1. The summed E-state index contributed by atoms with van der Waals surface area (Å²) < 4.78 is 0.582. The first-order valence-electron chi connectivity index (χ1n) is 11.8. The molecule has 5 N–H and O–H groups in total. The maximum atomic E-state index is 11.7. The van der Waals surface area contributed by atoms with Crippen molar-refractivity contribution < 1.29 is 10.2 Å². The molecule has 0 saturated heterocycles. The number of aliphatic hydroxyl groups is 1. The average Bonchev–Trinajstić information content (AvgIpc) is 3.24. The molecule has 1 heterocycles. The second-order valence-corrected chi connectivity index (χ2v) is 10.7. The summed E-state index contributed by atoms with van der Waals surface area (Å²) in [5, 5.41) is 28.9. The summed E-state index contributed by atoms with van der Waals surface area (Å²) in [6, 6.07) is 17.3. The van der Waals surface area contributed by atoms with Crippen molar-refractivity contribution in [2.24, 2.45) is 0 Å². The van der Waals surface area contributed by atoms with Crippen molar-refractivity contribution in [1.82, 2.24) is 15.6 Å². The monoisotopic (exact) mass is 545 g/mol. The second kappa shape index (κ2) is 12.2. The molecule has 36 heavy (non-hydrogen) atoms. The lowest BCUT2D eigenvalue weighted by Gasteiger charge is -2.18. The number of aromatic nitrogens is 1. The summed E-state index contributed by atoms with van der Waals surface area (Å²) in [5.41, 5.74) is 4.35. The quantitative estimate of drug-likeness (QED) is 0.167. The highest BCUT2D eigenvalue weighted by Gasteiger charge is 2.17. The third-order valence-corrected chi connectivity index (χ3v) is 7.72. The number of halogens is 2. The van der Waals surface area contributed by atoms with Crippen molar-refractivity contribution in [2.45, 2.75) is 38.5 Å². The van der Waals surface area contributed by atoms with Gasteiger partial charge in [-0.15, -0.1) is 0 Å². The van der Waals surface area contributed by atoms with Crippen molar-refractivity contribution in [3.8, 4) is 5.75 Å². The van der Waals surface area contributed by atoms with Gasteiger partial charge in [0.15, 0.2) is 0 Å². The Bertz CT molecular complexity index is 1370. The number of thiazole rings is 1. The van der Waals surface area contributed by atoms with Crippen molar-refractivity contribution >= 4 is 44.8 Å². The number of benzene rings is 3. The highest BCUT2D eigenvalue weighted by Crippen LogP contribution is 2.31. The highest BCUT2D eigenvalue weighted by atomic mass is 35.5. The first kappa shape index (κ1) is 26.7. The molecule has 6 nitrogen and oxygen atoms in total. The minimum absolute atomic E-state index is 0.00246. The number of phenols is 1. The van der Waals surface area contributed by atoms with E-state index < -0.39 is 6.10 Å². The summed E-state index contributed by atoms with van der Waals surface area (Å²) in [6.45, 7) is 3.92. The van der Waals surface area contributed by atoms with E-state index in [-0.39, 0.29) is 16.7 Å². The molecule has 0 spiro atoms. The Labute approximate surface area is 223 Å². The van der Waals surface area contributed by atoms with Gasteiger partial charge in [-0.25, -0.2) is 0 Å². The predicted molar refractivity (Wildman–Crippen MR) is 149 cm³/mol. The molecular formula is C27H29Cl2N3O3S. The molecule has 0 aliphatic carbocycles. The molecule has 9 heteroatoms. The van der Waals surface area contributed by atoms with Crippen molar-refractivity contribution in [3.63, 3.8) is 0 Å². The van der Waals surface area contributed by atoms with Crippen LogP contribution < -0.4 is 15.5 Å². The van der Waals surface area contributed by atoms with Crippen LogP contribution in [-0.2, 0) is 19.4 Å². The fraction of sp³-hybridized carbons (Fsp3) is 0.296. The van der Waals surface area contributed by atoms with Crippen molar-refractivity contribution in [2.75, 3.05) is 13.1 Å². The number of hydrogen-bond acceptors (Lipinski definition) is 6. The Morgan fingerprint density at radius 1 is 1.06 bits per heavy atom. The minimum Gasteiger partial charge on any atom is -0.506 e. The van der Waals surface area contributed by atoms with E-state index in [4.69, 9.17) is 23.2 Å². The third-order valence-electron chi connectivity index (χ3n) is 6.08. The molecule has 0 bridgehead atoms. The van der Waals surface area contributed by atoms with Crippen LogP contribution in [0.25, 0.3) is 10.2 Å². The summed E-state index contributed by atoms with van der Waals surface area (Å²) in [6.07, 6.45) is 0.761. The molecule has 190 valence electrons. The number of fused-ring (bicyclic) bond motifs is 1. The van der Waals surface area contributed by atoms with Gasteiger partial charge in [-0.1, -0.05) is 70.9 Å². The van der Waals surface area contributed by atoms with Gasteiger partial charge in [0.1, 0.15) is 11.3 Å². The molecular weight excluding hydrogens is 517 g/mol. The Kier molecular flexibility index (Phi) is 9.06. The SMILES string of the molecule is CC(Cc1cccc(CNCCc2c(Cl)cccc2Cl)c1)NCC(O)c1ccc(O)c2[nH]c(=O)sc12. The van der Waals surface area contributed by atoms with Crippen LogP contribution in [0.4, 0.5) is 0 Å². The number of nitrogens with one attached hydrogen (secondary N) is 3. The van der Waals surface area contributed by atoms with E-state index in [0.717, 1.165) is 42.8 Å². The van der Waals surface area contributed by atoms with Gasteiger partial charge in [0.2, 0.25) is 0 Å². The Morgan fingerprint density at radius 2 is 1.78 bits per heavy atom. The van der Waals surface area contributed by atoms with Crippen molar-refractivity contribution in [3.05, 3.63) is 96.6 Å². The van der Waals surface area contributed by atoms with E-state index in [2.05, 4.69) is 46.8 Å². The minimum atomic E-state index is -0.802. The highest BCUT2D eigenvalue weighted by molar-refractivity contribution is 7.16. The largest absolute Gasteiger partial charge is 0.506 e. The maximum absolute atomic E-state index is 11.7. The number of H-pyrrole nitrogens is 1. The predicted octanol–water partition coefficient (Wildman–Crippen LogP) is 5.19. The first-order chi connectivity index (χ1) is 17.3. The Morgan fingerprint density at radius 3 is 2.56 bits per heavy atom. The zero-order valence-electron chi connectivity index (χ0n) is 19.9. The van der Waals surface area contributed by atoms with Crippen LogP contribution >= 0.6 is 34.5 Å². The van der Waals surface area contributed by atoms with Crippen LogP contribution in [0.5, 0.6) is 5.75 Å². The molecule has 2 unspecified atom stereocenters. The molecule has 0 aliphatic rings. The standard InChI is InChI=1S/C27H29Cl2N3O3S/c1-16(31-15-24(34)20-8-9-23(33)25-26(20)36-27(35)32-25)12-17-4-2-5-18(13-17)14-30-11-10-19-21(28)6-3-7-22(19)29/h2-9,13,16,24,30-31,33-34H,10-12,14-15H2,1H3,(H,32,35). The zero-order valence-corrected chi connectivity index (χ0v) is 22.2. The van der Waals surface area contributed by atoms with Crippen LogP contribution in [0.15, 0.2) is 59.4 Å². The van der Waals surface area contributed by atoms with Gasteiger partial charge < -0.3 is 25.8 Å². The molecule has 4 aromatic rings. The fourth-order valence-electron chi connectivity index (χ4n) is 4.23. The van der Waals surface area contributed by atoms with Gasteiger partial charge in [-0.05, 0) is 61.2 Å². The summed E-state index contributed by atoms with van der Waals surface area (Å²) in [7, 11) is 0. The van der Waals surface area contributed by atoms with Gasteiger partial charge in [0.05, 0.1) is 10.8 Å². The Hall–Kier alpha value is -2.39. The van der Waals surface area contributed by atoms with Crippen LogP contribution in [0.1, 0.15) is 35.3 Å². The van der Waals surface area contributed by atoms with Gasteiger partial charge in [-0.3, -0.25) is 4.79 Å². The van der Waals surface area contributed by atoms with Crippen LogP contribution in [0.2, 0.25) is 10.0 Å². The second-order valence-electron chi connectivity index (χ2n) is 8.87. The zero-order chi connectivity index (χ0) is 25.7. The molecule has 0 fully saturated rings. The fourth-order valence-corrected chi connectivity index (χ4v) is 5.74. The number of aromatic amines is 1. The van der Waals surface area contributed by atoms with Gasteiger partial charge >= 0.3 is 4.87 Å². The first-order valence-corrected chi connectivity index (χ1v) is 13.4. The van der Waals surface area contributed by atoms with E-state index in [1.54, 1.807) is 6.07 Å². The van der Waals surface area contributed by atoms with Crippen molar-refractivity contribution in [1.29, 1.82) is 0 Å². The van der Waals surface area contributed by atoms with E-state index in [9.17, 15) is 15.0 Å². The maximum Gasteiger partial charge on any atom is 0.305 e. The van der Waals surface area contributed by atoms with Crippen LogP contribution in [0, 0.1) is 0 Å². The van der Waals surface area contributed by atoms with Gasteiger partial charge in [0, 0.05) is 34.7 Å². The smallest absolute Gasteiger partial charge is 0.305 e. The molecule has 0 saturated carbocycles. The molecule has 0 radical (unpaired) electrons. The lowest BCUT2D eigenvalue weighted by atomic mass is 10.0. The summed E-state index contributed by atoms with van der Waals surface area (Å²) in [5.74, 6) is 0.00246. The van der Waals surface area contributed by atoms with Gasteiger partial charge in [0.25, 0.3) is 0 Å². The number of aliphatic hydroxyl groups excluding tert-OH is 1. The van der Waals surface area contributed by atoms with E-state index in [1.165, 1.54) is 17.2 Å². The number of phenolic OH excluding ortho intramolecular Hbond substituents is 1. The van der Waals surface area contributed by atoms with E-state index >= 15 is 0 Å². The Balaban J connectivity index is 1.27. The topological polar surface area (TPSA) is 97.4 Å². The molecule has 3 aromatic carbocycles. The molecule has 4 rings (SSSR count). The normalized spacial score (nSPS) is 13.2. The molecule has 1 aromatic heterocycles. The lowest BCUT2D eigenvalue weighted by molar-refractivity contribution is 0.172. The average molecular weight is 547 g/mol. The van der Waals surface area contributed by atoms with Crippen LogP contribution in [-0.4, -0.2) is 34.3 Å². The van der Waals surface area contributed by atoms with Crippen LogP contribution in [0.3, 0.4) is 0 Å². The van der Waals surface area contributed by atoms with E-state index in [1.807, 2.05) is 18.2 Å². The summed E-state index contributed by atoms with van der Waals surface area (Å²) >= 11 is 13.5.